The number of rotatable bonds is 9. The van der Waals surface area contributed by atoms with Gasteiger partial charge in [0, 0.05) is 37.5 Å². The topological polar surface area (TPSA) is 73.0 Å². The molecule has 33 heavy (non-hydrogen) atoms. The van der Waals surface area contributed by atoms with E-state index in [-0.39, 0.29) is 23.8 Å². The first-order chi connectivity index (χ1) is 16.0. The SMILES string of the molecule is CCC[C@]1(C2CCN(C(=O)CCN3CCCCC3)CC2)NC(=O)N(CCc2cccs2)C1=O. The van der Waals surface area contributed by atoms with Gasteiger partial charge in [-0.25, -0.2) is 4.79 Å². The predicted molar refractivity (Wildman–Crippen MR) is 130 cm³/mol. The zero-order chi connectivity index (χ0) is 23.3. The van der Waals surface area contributed by atoms with Crippen LogP contribution in [0.2, 0.25) is 0 Å². The Morgan fingerprint density at radius 2 is 1.88 bits per heavy atom. The van der Waals surface area contributed by atoms with Crippen LogP contribution in [0.15, 0.2) is 17.5 Å². The van der Waals surface area contributed by atoms with Gasteiger partial charge in [-0.1, -0.05) is 25.8 Å². The van der Waals surface area contributed by atoms with Gasteiger partial charge in [0.25, 0.3) is 5.91 Å². The van der Waals surface area contributed by atoms with Crippen LogP contribution < -0.4 is 5.32 Å². The van der Waals surface area contributed by atoms with E-state index in [0.29, 0.717) is 38.9 Å². The predicted octanol–water partition coefficient (Wildman–Crippen LogP) is 3.50. The van der Waals surface area contributed by atoms with Crippen LogP contribution in [0.3, 0.4) is 0 Å². The second-order valence-corrected chi connectivity index (χ2v) is 10.8. The smallest absolute Gasteiger partial charge is 0.325 e. The number of urea groups is 1. The standard InChI is InChI=1S/C25H38N4O3S/c1-2-12-25(23(31)29(24(32)26-25)18-10-21-7-6-19-33-21)20-8-16-28(17-9-20)22(30)11-15-27-13-4-3-5-14-27/h6-7,19-20H,2-5,8-18H2,1H3,(H,26,32)/t25-/m1/s1. The Hall–Kier alpha value is -1.93. The molecule has 3 aliphatic rings. The van der Waals surface area contributed by atoms with Gasteiger partial charge in [0.1, 0.15) is 5.54 Å². The molecule has 4 rings (SSSR count). The largest absolute Gasteiger partial charge is 0.343 e. The van der Waals surface area contributed by atoms with Crippen LogP contribution in [0.5, 0.6) is 0 Å². The van der Waals surface area contributed by atoms with Crippen LogP contribution in [0, 0.1) is 5.92 Å². The fraction of sp³-hybridized carbons (Fsp3) is 0.720. The molecular weight excluding hydrogens is 436 g/mol. The fourth-order valence-corrected chi connectivity index (χ4v) is 6.48. The number of piperidine rings is 2. The minimum absolute atomic E-state index is 0.0687. The van der Waals surface area contributed by atoms with Gasteiger partial charge >= 0.3 is 6.03 Å². The summed E-state index contributed by atoms with van der Waals surface area (Å²) in [6.07, 6.45) is 8.07. The minimum atomic E-state index is -0.815. The van der Waals surface area contributed by atoms with Crippen LogP contribution in [0.1, 0.15) is 63.2 Å². The Balaban J connectivity index is 1.33. The van der Waals surface area contributed by atoms with Gasteiger partial charge in [-0.2, -0.15) is 0 Å². The molecule has 7 nitrogen and oxygen atoms in total. The molecule has 1 aromatic rings. The maximum absolute atomic E-state index is 13.5. The van der Waals surface area contributed by atoms with Crippen LogP contribution in [0.25, 0.3) is 0 Å². The van der Waals surface area contributed by atoms with Gasteiger partial charge in [-0.05, 0) is 69.0 Å². The van der Waals surface area contributed by atoms with Crippen LogP contribution in [0.4, 0.5) is 4.79 Å². The van der Waals surface area contributed by atoms with Crippen molar-refractivity contribution in [2.45, 2.75) is 70.3 Å². The van der Waals surface area contributed by atoms with E-state index in [2.05, 4.69) is 17.1 Å². The van der Waals surface area contributed by atoms with E-state index in [0.717, 1.165) is 38.9 Å². The lowest BCUT2D eigenvalue weighted by Gasteiger charge is -2.41. The Morgan fingerprint density at radius 3 is 2.55 bits per heavy atom. The Bertz CT molecular complexity index is 816. The average Bonchev–Trinajstić information content (AvgIpc) is 3.44. The molecule has 3 aliphatic heterocycles. The maximum atomic E-state index is 13.5. The monoisotopic (exact) mass is 474 g/mol. The third-order valence-corrected chi connectivity index (χ3v) is 8.58. The summed E-state index contributed by atoms with van der Waals surface area (Å²) in [6.45, 7) is 6.91. The summed E-state index contributed by atoms with van der Waals surface area (Å²) in [5.41, 5.74) is -0.815. The Morgan fingerprint density at radius 1 is 1.12 bits per heavy atom. The van der Waals surface area contributed by atoms with Gasteiger partial charge in [0.15, 0.2) is 0 Å². The number of nitrogens with one attached hydrogen (secondary N) is 1. The molecule has 3 saturated heterocycles. The summed E-state index contributed by atoms with van der Waals surface area (Å²) in [4.78, 5) is 46.1. The third kappa shape index (κ3) is 5.43. The molecule has 0 saturated carbocycles. The number of thiophene rings is 1. The zero-order valence-corrected chi connectivity index (χ0v) is 20.7. The van der Waals surface area contributed by atoms with E-state index in [9.17, 15) is 14.4 Å². The molecule has 4 amide bonds. The van der Waals surface area contributed by atoms with Crippen molar-refractivity contribution < 1.29 is 14.4 Å². The van der Waals surface area contributed by atoms with Crippen molar-refractivity contribution in [1.82, 2.24) is 20.0 Å². The number of likely N-dealkylation sites (tertiary alicyclic amines) is 2. The normalized spacial score (nSPS) is 25.0. The first-order valence-electron chi connectivity index (χ1n) is 12.7. The van der Waals surface area contributed by atoms with Crippen molar-refractivity contribution in [1.29, 1.82) is 0 Å². The summed E-state index contributed by atoms with van der Waals surface area (Å²) in [6, 6.07) is 3.78. The molecule has 3 fully saturated rings. The van der Waals surface area contributed by atoms with E-state index < -0.39 is 5.54 Å². The second-order valence-electron chi connectivity index (χ2n) is 9.75. The van der Waals surface area contributed by atoms with Crippen LogP contribution >= 0.6 is 11.3 Å². The number of amides is 4. The molecule has 4 heterocycles. The lowest BCUT2D eigenvalue weighted by Crippen LogP contribution is -2.56. The quantitative estimate of drug-likeness (QED) is 0.556. The molecule has 0 aliphatic carbocycles. The Kier molecular flexibility index (Phi) is 8.07. The van der Waals surface area contributed by atoms with E-state index >= 15 is 0 Å². The molecular formula is C25H38N4O3S. The van der Waals surface area contributed by atoms with Crippen LogP contribution in [-0.4, -0.2) is 77.4 Å². The first-order valence-corrected chi connectivity index (χ1v) is 13.6. The van der Waals surface area contributed by atoms with Crippen molar-refractivity contribution in [3.8, 4) is 0 Å². The summed E-state index contributed by atoms with van der Waals surface area (Å²) in [7, 11) is 0. The Labute approximate surface area is 201 Å². The van der Waals surface area contributed by atoms with Crippen molar-refractivity contribution in [2.75, 3.05) is 39.3 Å². The third-order valence-electron chi connectivity index (χ3n) is 7.64. The zero-order valence-electron chi connectivity index (χ0n) is 19.9. The van der Waals surface area contributed by atoms with Gasteiger partial charge < -0.3 is 15.1 Å². The number of imide groups is 1. The number of hydrogen-bond acceptors (Lipinski definition) is 5. The number of nitrogens with zero attached hydrogens (tertiary/aromatic N) is 3. The van der Waals surface area contributed by atoms with E-state index in [1.165, 1.54) is 29.0 Å². The second kappa shape index (κ2) is 11.0. The van der Waals surface area contributed by atoms with Gasteiger partial charge in [0.2, 0.25) is 5.91 Å². The van der Waals surface area contributed by atoms with Crippen molar-refractivity contribution >= 4 is 29.2 Å². The van der Waals surface area contributed by atoms with E-state index in [1.54, 1.807) is 11.3 Å². The summed E-state index contributed by atoms with van der Waals surface area (Å²) < 4.78 is 0. The first kappa shape index (κ1) is 24.2. The lowest BCUT2D eigenvalue weighted by atomic mass is 9.74. The average molecular weight is 475 g/mol. The molecule has 182 valence electrons. The highest BCUT2D eigenvalue weighted by atomic mass is 32.1. The molecule has 1 aromatic heterocycles. The number of carbonyl (C=O) groups excluding carboxylic acids is 3. The molecule has 0 radical (unpaired) electrons. The van der Waals surface area contributed by atoms with E-state index in [4.69, 9.17) is 0 Å². The number of hydrogen-bond donors (Lipinski definition) is 1. The molecule has 0 bridgehead atoms. The fourth-order valence-electron chi connectivity index (χ4n) is 5.79. The molecule has 0 spiro atoms. The highest BCUT2D eigenvalue weighted by Crippen LogP contribution is 2.37. The molecule has 1 atom stereocenters. The van der Waals surface area contributed by atoms with Gasteiger partial charge in [-0.15, -0.1) is 11.3 Å². The molecule has 0 unspecified atom stereocenters. The van der Waals surface area contributed by atoms with Crippen molar-refractivity contribution in [3.05, 3.63) is 22.4 Å². The molecule has 1 N–H and O–H groups in total. The summed E-state index contributed by atoms with van der Waals surface area (Å²) in [5, 5.41) is 5.13. The summed E-state index contributed by atoms with van der Waals surface area (Å²) >= 11 is 1.65. The van der Waals surface area contributed by atoms with Crippen molar-refractivity contribution in [3.63, 3.8) is 0 Å². The van der Waals surface area contributed by atoms with Crippen LogP contribution in [-0.2, 0) is 16.0 Å². The lowest BCUT2D eigenvalue weighted by molar-refractivity contribution is -0.136. The highest BCUT2D eigenvalue weighted by molar-refractivity contribution is 7.09. The summed E-state index contributed by atoms with van der Waals surface area (Å²) in [5.74, 6) is 0.232. The van der Waals surface area contributed by atoms with E-state index in [1.807, 2.05) is 22.4 Å². The highest BCUT2D eigenvalue weighted by Gasteiger charge is 2.55. The maximum Gasteiger partial charge on any atom is 0.325 e. The van der Waals surface area contributed by atoms with Gasteiger partial charge in [0.05, 0.1) is 0 Å². The van der Waals surface area contributed by atoms with Gasteiger partial charge in [-0.3, -0.25) is 14.5 Å². The molecule has 8 heteroatoms. The van der Waals surface area contributed by atoms with Crippen molar-refractivity contribution in [2.24, 2.45) is 5.92 Å². The molecule has 0 aromatic carbocycles. The number of carbonyl (C=O) groups is 3. The minimum Gasteiger partial charge on any atom is -0.343 e.